The number of amides is 2. The van der Waals surface area contributed by atoms with Crippen LogP contribution in [-0.4, -0.2) is 34.8 Å². The average molecular weight is 370 g/mol. The molecule has 7 heteroatoms. The van der Waals surface area contributed by atoms with Crippen molar-refractivity contribution in [2.24, 2.45) is 0 Å². The molecule has 1 N–H and O–H groups in total. The van der Waals surface area contributed by atoms with Crippen molar-refractivity contribution in [2.75, 3.05) is 0 Å². The summed E-state index contributed by atoms with van der Waals surface area (Å²) in [5, 5.41) is 4.61. The fraction of sp³-hybridized carbons (Fsp3) is 0.316. The van der Waals surface area contributed by atoms with Crippen LogP contribution < -0.4 is 5.32 Å². The maximum atomic E-state index is 12.5. The van der Waals surface area contributed by atoms with E-state index in [1.54, 1.807) is 4.90 Å². The molecule has 2 atom stereocenters. The molecule has 2 aliphatic rings. The van der Waals surface area contributed by atoms with E-state index in [1.807, 2.05) is 41.8 Å². The van der Waals surface area contributed by atoms with Crippen LogP contribution in [0, 0.1) is 0 Å². The number of fused-ring (bicyclic) bond motifs is 1. The van der Waals surface area contributed by atoms with Crippen molar-refractivity contribution < 1.29 is 19.1 Å². The third-order valence-corrected chi connectivity index (χ3v) is 5.59. The van der Waals surface area contributed by atoms with Crippen LogP contribution in [0.4, 0.5) is 0 Å². The molecule has 3 heterocycles. The molecule has 1 aromatic heterocycles. The van der Waals surface area contributed by atoms with Crippen molar-refractivity contribution in [2.45, 2.75) is 38.1 Å². The maximum Gasteiger partial charge on any atom is 0.329 e. The molecular weight excluding hydrogens is 352 g/mol. The number of rotatable bonds is 4. The van der Waals surface area contributed by atoms with Crippen LogP contribution in [0.2, 0.25) is 0 Å². The normalized spacial score (nSPS) is 21.9. The Bertz CT molecular complexity index is 824. The van der Waals surface area contributed by atoms with Gasteiger partial charge in [-0.2, -0.15) is 0 Å². The van der Waals surface area contributed by atoms with E-state index in [1.165, 1.54) is 11.3 Å². The lowest BCUT2D eigenvalue weighted by molar-refractivity contribution is -0.167. The largest absolute Gasteiger partial charge is 0.450 e. The smallest absolute Gasteiger partial charge is 0.329 e. The fourth-order valence-corrected chi connectivity index (χ4v) is 4.05. The van der Waals surface area contributed by atoms with E-state index in [4.69, 9.17) is 4.74 Å². The lowest BCUT2D eigenvalue weighted by Crippen LogP contribution is -2.55. The lowest BCUT2D eigenvalue weighted by atomic mass is 10.1. The van der Waals surface area contributed by atoms with Crippen molar-refractivity contribution in [3.63, 3.8) is 0 Å². The third kappa shape index (κ3) is 3.35. The second-order valence-corrected chi connectivity index (χ2v) is 7.53. The summed E-state index contributed by atoms with van der Waals surface area (Å²) in [5.41, 5.74) is 2.23. The van der Waals surface area contributed by atoms with Gasteiger partial charge in [0.25, 0.3) is 5.91 Å². The summed E-state index contributed by atoms with van der Waals surface area (Å²) in [4.78, 5) is 39.7. The monoisotopic (exact) mass is 370 g/mol. The van der Waals surface area contributed by atoms with Crippen LogP contribution in [-0.2, 0) is 38.6 Å². The summed E-state index contributed by atoms with van der Waals surface area (Å²) in [5.74, 6) is -1.08. The zero-order chi connectivity index (χ0) is 18.1. The van der Waals surface area contributed by atoms with Gasteiger partial charge in [-0.3, -0.25) is 9.59 Å². The highest BCUT2D eigenvalue weighted by molar-refractivity contribution is 7.09. The number of morpholine rings is 1. The van der Waals surface area contributed by atoms with Crippen LogP contribution in [0.5, 0.6) is 0 Å². The number of ether oxygens (including phenoxy) is 1. The highest BCUT2D eigenvalue weighted by Gasteiger charge is 2.38. The molecule has 4 rings (SSSR count). The first-order chi connectivity index (χ1) is 12.6. The van der Waals surface area contributed by atoms with Crippen molar-refractivity contribution in [3.8, 4) is 0 Å². The highest BCUT2D eigenvalue weighted by atomic mass is 32.1. The van der Waals surface area contributed by atoms with Gasteiger partial charge in [0.05, 0.1) is 6.42 Å². The Morgan fingerprint density at radius 3 is 2.54 bits per heavy atom. The molecule has 0 bridgehead atoms. The Labute approximate surface area is 154 Å². The standard InChI is InChI=1S/C19H18N2O4S/c22-17(21-10-12-4-1-2-5-13(12)11-21)9-16-18(23)20-15(19(24)25-16)8-14-6-3-7-26-14/h1-7,15-16H,8-11H2,(H,20,23)/t15?,16-/m1/s1. The Morgan fingerprint density at radius 1 is 1.15 bits per heavy atom. The van der Waals surface area contributed by atoms with Gasteiger partial charge in [0.1, 0.15) is 6.04 Å². The summed E-state index contributed by atoms with van der Waals surface area (Å²) in [6, 6.07) is 11.0. The van der Waals surface area contributed by atoms with E-state index in [-0.39, 0.29) is 12.3 Å². The van der Waals surface area contributed by atoms with Gasteiger partial charge in [-0.05, 0) is 22.6 Å². The highest BCUT2D eigenvalue weighted by Crippen LogP contribution is 2.24. The van der Waals surface area contributed by atoms with E-state index >= 15 is 0 Å². The van der Waals surface area contributed by atoms with Gasteiger partial charge in [0.15, 0.2) is 6.10 Å². The SMILES string of the molecule is O=C1O[C@H](CC(=O)N2Cc3ccccc3C2)C(=O)NC1Cc1cccs1. The number of esters is 1. The Morgan fingerprint density at radius 2 is 1.88 bits per heavy atom. The topological polar surface area (TPSA) is 75.7 Å². The maximum absolute atomic E-state index is 12.5. The molecule has 26 heavy (non-hydrogen) atoms. The second kappa shape index (κ2) is 6.92. The third-order valence-electron chi connectivity index (χ3n) is 4.69. The van der Waals surface area contributed by atoms with Crippen molar-refractivity contribution in [1.82, 2.24) is 10.2 Å². The molecule has 2 amide bonds. The van der Waals surface area contributed by atoms with Crippen molar-refractivity contribution in [1.29, 1.82) is 0 Å². The van der Waals surface area contributed by atoms with Crippen LogP contribution in [0.15, 0.2) is 41.8 Å². The molecule has 134 valence electrons. The van der Waals surface area contributed by atoms with E-state index in [2.05, 4.69) is 5.32 Å². The van der Waals surface area contributed by atoms with Gasteiger partial charge in [0, 0.05) is 24.4 Å². The van der Waals surface area contributed by atoms with Gasteiger partial charge < -0.3 is 15.0 Å². The average Bonchev–Trinajstić information content (AvgIpc) is 3.28. The Balaban J connectivity index is 1.35. The molecule has 2 aromatic rings. The van der Waals surface area contributed by atoms with Crippen LogP contribution in [0.1, 0.15) is 22.4 Å². The summed E-state index contributed by atoms with van der Waals surface area (Å²) in [6.07, 6.45) is -0.778. The molecule has 1 aromatic carbocycles. The lowest BCUT2D eigenvalue weighted by Gasteiger charge is -2.29. The zero-order valence-corrected chi connectivity index (χ0v) is 14.8. The second-order valence-electron chi connectivity index (χ2n) is 6.49. The first-order valence-corrected chi connectivity index (χ1v) is 9.36. The predicted octanol–water partition coefficient (Wildman–Crippen LogP) is 1.63. The van der Waals surface area contributed by atoms with E-state index in [9.17, 15) is 14.4 Å². The summed E-state index contributed by atoms with van der Waals surface area (Å²) < 4.78 is 5.27. The minimum Gasteiger partial charge on any atom is -0.450 e. The number of carbonyl (C=O) groups excluding carboxylic acids is 3. The van der Waals surface area contributed by atoms with Crippen LogP contribution in [0.25, 0.3) is 0 Å². The molecule has 0 spiro atoms. The molecule has 1 fully saturated rings. The predicted molar refractivity (Wildman–Crippen MR) is 95.1 cm³/mol. The van der Waals surface area contributed by atoms with Gasteiger partial charge in [-0.15, -0.1) is 11.3 Å². The Hall–Kier alpha value is -2.67. The fourth-order valence-electron chi connectivity index (χ4n) is 3.30. The number of thiophene rings is 1. The first kappa shape index (κ1) is 16.8. The number of nitrogens with one attached hydrogen (secondary N) is 1. The molecule has 1 unspecified atom stereocenters. The molecule has 6 nitrogen and oxygen atoms in total. The van der Waals surface area contributed by atoms with Crippen LogP contribution >= 0.6 is 11.3 Å². The molecule has 0 radical (unpaired) electrons. The Kier molecular flexibility index (Phi) is 4.46. The minimum absolute atomic E-state index is 0.128. The molecule has 0 saturated carbocycles. The molecule has 1 saturated heterocycles. The summed E-state index contributed by atoms with van der Waals surface area (Å²) >= 11 is 1.52. The minimum atomic E-state index is -1.06. The van der Waals surface area contributed by atoms with Gasteiger partial charge in [-0.1, -0.05) is 30.3 Å². The van der Waals surface area contributed by atoms with Gasteiger partial charge in [-0.25, -0.2) is 4.79 Å². The van der Waals surface area contributed by atoms with Crippen LogP contribution in [0.3, 0.4) is 0 Å². The van der Waals surface area contributed by atoms with Gasteiger partial charge >= 0.3 is 5.97 Å². The van der Waals surface area contributed by atoms with E-state index < -0.39 is 24.0 Å². The molecule has 0 aliphatic carbocycles. The molecule has 2 aliphatic heterocycles. The number of nitrogens with zero attached hydrogens (tertiary/aromatic N) is 1. The summed E-state index contributed by atoms with van der Waals surface area (Å²) in [7, 11) is 0. The quantitative estimate of drug-likeness (QED) is 0.830. The van der Waals surface area contributed by atoms with Crippen molar-refractivity contribution in [3.05, 3.63) is 57.8 Å². The number of hydrogen-bond acceptors (Lipinski definition) is 5. The summed E-state index contributed by atoms with van der Waals surface area (Å²) in [6.45, 7) is 1.05. The molecular formula is C19H18N2O4S. The number of carbonyl (C=O) groups is 3. The zero-order valence-electron chi connectivity index (χ0n) is 14.0. The van der Waals surface area contributed by atoms with Gasteiger partial charge in [0.2, 0.25) is 5.91 Å². The first-order valence-electron chi connectivity index (χ1n) is 8.48. The number of hydrogen-bond donors (Lipinski definition) is 1. The number of benzene rings is 1. The van der Waals surface area contributed by atoms with E-state index in [0.717, 1.165) is 16.0 Å². The number of cyclic esters (lactones) is 1. The van der Waals surface area contributed by atoms with Crippen molar-refractivity contribution >= 4 is 29.1 Å². The van der Waals surface area contributed by atoms with E-state index in [0.29, 0.717) is 19.5 Å².